The molecule has 2 atom stereocenters. The quantitative estimate of drug-likeness (QED) is 0.170. The van der Waals surface area contributed by atoms with Crippen LogP contribution in [0.15, 0.2) is 107 Å². The van der Waals surface area contributed by atoms with E-state index in [0.717, 1.165) is 25.7 Å². The maximum absolute atomic E-state index is 4.04. The van der Waals surface area contributed by atoms with Crippen molar-refractivity contribution in [1.82, 2.24) is 0 Å². The van der Waals surface area contributed by atoms with Crippen molar-refractivity contribution in [1.29, 1.82) is 0 Å². The summed E-state index contributed by atoms with van der Waals surface area (Å²) in [6, 6.07) is 23.5. The predicted molar refractivity (Wildman–Crippen MR) is 198 cm³/mol. The third kappa shape index (κ3) is 3.46. The zero-order valence-electron chi connectivity index (χ0n) is 26.6. The van der Waals surface area contributed by atoms with Gasteiger partial charge in [-0.3, -0.25) is 0 Å². The highest BCUT2D eigenvalue weighted by Crippen LogP contribution is 2.58. The first-order chi connectivity index (χ1) is 23.1. The summed E-state index contributed by atoms with van der Waals surface area (Å²) in [5, 5.41) is 4.04. The Morgan fingerprint density at radius 1 is 0.979 bits per heavy atom. The molecule has 0 bridgehead atoms. The lowest BCUT2D eigenvalue weighted by Crippen LogP contribution is -2.45. The van der Waals surface area contributed by atoms with Gasteiger partial charge < -0.3 is 10.2 Å². The summed E-state index contributed by atoms with van der Waals surface area (Å²) in [6.07, 6.45) is 15.9. The number of para-hydroxylation sites is 1. The summed E-state index contributed by atoms with van der Waals surface area (Å²) in [5.74, 6) is 7.05. The number of nitrogens with one attached hydrogen (secondary N) is 1. The van der Waals surface area contributed by atoms with Crippen LogP contribution in [0.1, 0.15) is 72.4 Å². The second-order valence-electron chi connectivity index (χ2n) is 14.4. The van der Waals surface area contributed by atoms with Crippen LogP contribution in [0.25, 0.3) is 16.7 Å². The zero-order chi connectivity index (χ0) is 31.0. The molecule has 0 saturated carbocycles. The standard InChI is InChI=1S/C43H32BN2S/c1-43(2)31-16-6-5-13-28(31)38-32(43)23-30(27-15-9-14-26-29-21-24-11-3-4-12-25(24)22-34(29)45-40(26)27)39-42(38)46-35-18-7-8-19-36(35)47-37-20-10-17-33(44-39)41(37)46/h5-6,8-10,13-17,19-23,26,40,45H,4,7,12,18H2,1-2H3. The van der Waals surface area contributed by atoms with Crippen LogP contribution in [-0.2, 0) is 11.8 Å². The SMILES string of the molecule is CC1(C)c2ccccc2-c2c1cc(C1=CC=CC3c4cc5c(cc4NC13)CCC#C5)c1c2N2C3=C(C=CCC3)Sc3cccc(c32)[B]1. The Hall–Kier alpha value is -4.59. The number of benzene rings is 4. The van der Waals surface area contributed by atoms with Gasteiger partial charge in [0.25, 0.3) is 0 Å². The first-order valence-corrected chi connectivity index (χ1v) is 17.9. The van der Waals surface area contributed by atoms with Gasteiger partial charge in [-0.15, -0.1) is 0 Å². The Labute approximate surface area is 281 Å². The normalized spacial score (nSPS) is 22.2. The highest BCUT2D eigenvalue weighted by atomic mass is 32.2. The minimum Gasteiger partial charge on any atom is -0.377 e. The summed E-state index contributed by atoms with van der Waals surface area (Å²) in [7, 11) is 2.50. The summed E-state index contributed by atoms with van der Waals surface area (Å²) in [6.45, 7) is 4.85. The molecule has 1 N–H and O–H groups in total. The monoisotopic (exact) mass is 619 g/mol. The lowest BCUT2D eigenvalue weighted by Gasteiger charge is -2.43. The van der Waals surface area contributed by atoms with Crippen molar-refractivity contribution in [2.75, 3.05) is 10.2 Å². The molecule has 7 aliphatic rings. The minimum atomic E-state index is -0.113. The molecule has 2 unspecified atom stereocenters. The average molecular weight is 620 g/mol. The van der Waals surface area contributed by atoms with Gasteiger partial charge in [0.15, 0.2) is 7.28 Å². The van der Waals surface area contributed by atoms with Gasteiger partial charge in [0.05, 0.1) is 11.7 Å². The third-order valence-corrected chi connectivity index (χ3v) is 12.7. The van der Waals surface area contributed by atoms with Crippen LogP contribution < -0.4 is 21.1 Å². The molecule has 2 nitrogen and oxygen atoms in total. The van der Waals surface area contributed by atoms with Gasteiger partial charge in [-0.05, 0) is 81.9 Å². The van der Waals surface area contributed by atoms with Gasteiger partial charge in [0.2, 0.25) is 0 Å². The Bertz CT molecular complexity index is 2340. The van der Waals surface area contributed by atoms with Crippen molar-refractivity contribution in [3.63, 3.8) is 0 Å². The van der Waals surface area contributed by atoms with E-state index < -0.39 is 0 Å². The zero-order valence-corrected chi connectivity index (χ0v) is 27.4. The smallest absolute Gasteiger partial charge is 0.197 e. The van der Waals surface area contributed by atoms with Gasteiger partial charge in [-0.2, -0.15) is 0 Å². The van der Waals surface area contributed by atoms with E-state index in [2.05, 4.69) is 134 Å². The number of aryl methyl sites for hydroxylation is 1. The van der Waals surface area contributed by atoms with Crippen LogP contribution in [0.2, 0.25) is 0 Å². The first-order valence-electron chi connectivity index (χ1n) is 17.0. The third-order valence-electron chi connectivity index (χ3n) is 11.5. The average Bonchev–Trinajstić information content (AvgIpc) is 3.58. The first kappa shape index (κ1) is 26.5. The lowest BCUT2D eigenvalue weighted by molar-refractivity contribution is 0.660. The van der Waals surface area contributed by atoms with E-state index in [-0.39, 0.29) is 17.4 Å². The van der Waals surface area contributed by atoms with Crippen molar-refractivity contribution < 1.29 is 0 Å². The highest BCUT2D eigenvalue weighted by molar-refractivity contribution is 8.03. The molecule has 3 aliphatic heterocycles. The summed E-state index contributed by atoms with van der Waals surface area (Å²) in [5.41, 5.74) is 20.3. The maximum Gasteiger partial charge on any atom is 0.197 e. The van der Waals surface area contributed by atoms with Gasteiger partial charge in [-0.1, -0.05) is 116 Å². The highest BCUT2D eigenvalue weighted by Gasteiger charge is 2.45. The molecule has 47 heavy (non-hydrogen) atoms. The molecule has 0 fully saturated rings. The van der Waals surface area contributed by atoms with Crippen molar-refractivity contribution in [2.45, 2.75) is 61.8 Å². The Balaban J connectivity index is 1.18. The molecule has 4 aromatic carbocycles. The predicted octanol–water partition coefficient (Wildman–Crippen LogP) is 8.60. The van der Waals surface area contributed by atoms with E-state index in [1.807, 2.05) is 11.8 Å². The molecule has 4 heteroatoms. The van der Waals surface area contributed by atoms with Gasteiger partial charge in [0, 0.05) is 55.8 Å². The minimum absolute atomic E-state index is 0.113. The molecule has 223 valence electrons. The Morgan fingerprint density at radius 2 is 1.91 bits per heavy atom. The molecule has 0 aromatic heterocycles. The van der Waals surface area contributed by atoms with Gasteiger partial charge >= 0.3 is 0 Å². The van der Waals surface area contributed by atoms with Crippen LogP contribution >= 0.6 is 11.8 Å². The number of nitrogens with zero attached hydrogens (tertiary/aromatic N) is 1. The lowest BCUT2D eigenvalue weighted by atomic mass is 9.56. The van der Waals surface area contributed by atoms with Crippen LogP contribution in [0, 0.1) is 11.8 Å². The van der Waals surface area contributed by atoms with E-state index >= 15 is 0 Å². The summed E-state index contributed by atoms with van der Waals surface area (Å²) in [4.78, 5) is 5.42. The van der Waals surface area contributed by atoms with Crippen molar-refractivity contribution in [2.24, 2.45) is 0 Å². The second-order valence-corrected chi connectivity index (χ2v) is 15.4. The van der Waals surface area contributed by atoms with Crippen molar-refractivity contribution >= 4 is 52.6 Å². The Morgan fingerprint density at radius 3 is 2.87 bits per heavy atom. The van der Waals surface area contributed by atoms with Gasteiger partial charge in [-0.25, -0.2) is 0 Å². The van der Waals surface area contributed by atoms with E-state index in [1.54, 1.807) is 0 Å². The fourth-order valence-electron chi connectivity index (χ4n) is 9.34. The van der Waals surface area contributed by atoms with Gasteiger partial charge in [0.1, 0.15) is 0 Å². The molecule has 11 rings (SSSR count). The number of rotatable bonds is 1. The van der Waals surface area contributed by atoms with Crippen LogP contribution in [0.3, 0.4) is 0 Å². The van der Waals surface area contributed by atoms with E-state index in [0.29, 0.717) is 0 Å². The number of hydrogen-bond acceptors (Lipinski definition) is 3. The molecular weight excluding hydrogens is 587 g/mol. The fourth-order valence-corrected chi connectivity index (χ4v) is 10.5. The molecule has 4 aromatic rings. The molecule has 0 spiro atoms. The molecule has 4 aliphatic carbocycles. The number of hydrogen-bond donors (Lipinski definition) is 1. The number of fused-ring (bicyclic) bond motifs is 11. The van der Waals surface area contributed by atoms with Crippen LogP contribution in [0.4, 0.5) is 17.1 Å². The van der Waals surface area contributed by atoms with E-state index in [1.165, 1.54) is 93.6 Å². The summed E-state index contributed by atoms with van der Waals surface area (Å²) >= 11 is 1.94. The Kier molecular flexibility index (Phi) is 5.22. The fraction of sp³-hybridized carbons (Fsp3) is 0.209. The molecule has 1 radical (unpaired) electrons. The van der Waals surface area contributed by atoms with Crippen molar-refractivity contribution in [3.8, 4) is 23.0 Å². The number of anilines is 3. The van der Waals surface area contributed by atoms with Crippen LogP contribution in [-0.4, -0.2) is 13.3 Å². The molecule has 0 saturated heterocycles. The second kappa shape index (κ2) is 9.27. The number of thioether (sulfide) groups is 1. The largest absolute Gasteiger partial charge is 0.377 e. The van der Waals surface area contributed by atoms with Crippen LogP contribution in [0.5, 0.6) is 0 Å². The molecular formula is C43H32BN2S. The summed E-state index contributed by atoms with van der Waals surface area (Å²) < 4.78 is 0. The molecule has 3 heterocycles. The maximum atomic E-state index is 4.04. The van der Waals surface area contributed by atoms with Crippen molar-refractivity contribution in [3.05, 3.63) is 135 Å². The molecule has 0 amide bonds. The van der Waals surface area contributed by atoms with E-state index in [4.69, 9.17) is 0 Å². The van der Waals surface area contributed by atoms with E-state index in [9.17, 15) is 0 Å². The topological polar surface area (TPSA) is 15.3 Å². The number of allylic oxidation sites excluding steroid dienone is 5.